The maximum Gasteiger partial charge on any atom is 0.246 e. The van der Waals surface area contributed by atoms with Gasteiger partial charge in [0.2, 0.25) is 10.0 Å². The van der Waals surface area contributed by atoms with E-state index in [0.29, 0.717) is 13.1 Å². The molecule has 0 aromatic heterocycles. The van der Waals surface area contributed by atoms with E-state index in [-0.39, 0.29) is 10.7 Å². The molecule has 2 rings (SSSR count). The Kier molecular flexibility index (Phi) is 3.79. The number of sulfonamides is 1. The molecule has 4 nitrogen and oxygen atoms in total. The summed E-state index contributed by atoms with van der Waals surface area (Å²) in [5.41, 5.74) is 5.15. The Bertz CT molecular complexity index is 556. The second-order valence-electron chi connectivity index (χ2n) is 4.27. The first kappa shape index (κ1) is 13.6. The summed E-state index contributed by atoms with van der Waals surface area (Å²) in [6, 6.07) is 2.31. The molecule has 0 bridgehead atoms. The Morgan fingerprint density at radius 3 is 2.44 bits per heavy atom. The fourth-order valence-corrected chi connectivity index (χ4v) is 3.95. The van der Waals surface area contributed by atoms with Gasteiger partial charge in [0.15, 0.2) is 5.82 Å². The molecule has 0 spiro atoms. The Labute approximate surface area is 111 Å². The number of anilines is 1. The number of hydrogen-bond acceptors (Lipinski definition) is 3. The molecule has 18 heavy (non-hydrogen) atoms. The summed E-state index contributed by atoms with van der Waals surface area (Å²) in [4.78, 5) is -0.436. The van der Waals surface area contributed by atoms with E-state index in [4.69, 9.17) is 17.3 Å². The van der Waals surface area contributed by atoms with Crippen LogP contribution in [0.3, 0.4) is 0 Å². The van der Waals surface area contributed by atoms with Gasteiger partial charge in [-0.25, -0.2) is 12.8 Å². The van der Waals surface area contributed by atoms with Gasteiger partial charge in [-0.2, -0.15) is 4.31 Å². The van der Waals surface area contributed by atoms with Crippen LogP contribution in [0.15, 0.2) is 17.0 Å². The average Bonchev–Trinajstić information content (AvgIpc) is 2.34. The molecule has 0 unspecified atom stereocenters. The first-order valence-electron chi connectivity index (χ1n) is 5.67. The SMILES string of the molecule is Nc1cc(Cl)cc(S(=O)(=O)N2CCCCC2)c1F. The second kappa shape index (κ2) is 5.03. The Morgan fingerprint density at radius 2 is 1.83 bits per heavy atom. The first-order valence-corrected chi connectivity index (χ1v) is 7.49. The highest BCUT2D eigenvalue weighted by atomic mass is 35.5. The zero-order chi connectivity index (χ0) is 13.3. The molecular formula is C11H14ClFN2O2S. The van der Waals surface area contributed by atoms with Crippen LogP contribution < -0.4 is 5.73 Å². The normalized spacial score (nSPS) is 17.9. The molecule has 0 aliphatic carbocycles. The minimum Gasteiger partial charge on any atom is -0.396 e. The average molecular weight is 293 g/mol. The van der Waals surface area contributed by atoms with E-state index in [1.54, 1.807) is 0 Å². The predicted octanol–water partition coefficient (Wildman–Crippen LogP) is 2.24. The van der Waals surface area contributed by atoms with Crippen molar-refractivity contribution >= 4 is 27.3 Å². The lowest BCUT2D eigenvalue weighted by molar-refractivity contribution is 0.345. The Morgan fingerprint density at radius 1 is 1.22 bits per heavy atom. The topological polar surface area (TPSA) is 63.4 Å². The van der Waals surface area contributed by atoms with E-state index in [1.165, 1.54) is 10.4 Å². The number of halogens is 2. The highest BCUT2D eigenvalue weighted by Crippen LogP contribution is 2.28. The van der Waals surface area contributed by atoms with Gasteiger partial charge in [0, 0.05) is 18.1 Å². The molecule has 1 heterocycles. The molecule has 0 saturated carbocycles. The molecule has 1 aliphatic rings. The van der Waals surface area contributed by atoms with Crippen molar-refractivity contribution in [3.8, 4) is 0 Å². The molecule has 100 valence electrons. The monoisotopic (exact) mass is 292 g/mol. The Hall–Kier alpha value is -0.850. The van der Waals surface area contributed by atoms with E-state index >= 15 is 0 Å². The number of benzene rings is 1. The number of nitrogens with two attached hydrogens (primary N) is 1. The van der Waals surface area contributed by atoms with Crippen LogP contribution in [0.5, 0.6) is 0 Å². The second-order valence-corrected chi connectivity index (χ2v) is 6.61. The van der Waals surface area contributed by atoms with Crippen molar-refractivity contribution < 1.29 is 12.8 Å². The third-order valence-corrected chi connectivity index (χ3v) is 5.08. The molecule has 0 amide bonds. The summed E-state index contributed by atoms with van der Waals surface area (Å²) in [7, 11) is -3.84. The Balaban J connectivity index is 2.46. The van der Waals surface area contributed by atoms with Crippen molar-refractivity contribution in [3.05, 3.63) is 23.0 Å². The van der Waals surface area contributed by atoms with Crippen LogP contribution in [0.4, 0.5) is 10.1 Å². The van der Waals surface area contributed by atoms with Crippen molar-refractivity contribution in [2.75, 3.05) is 18.8 Å². The molecule has 1 aromatic carbocycles. The van der Waals surface area contributed by atoms with Gasteiger partial charge in [0.25, 0.3) is 0 Å². The van der Waals surface area contributed by atoms with Crippen LogP contribution in [0.25, 0.3) is 0 Å². The van der Waals surface area contributed by atoms with Gasteiger partial charge in [0.1, 0.15) is 4.90 Å². The maximum absolute atomic E-state index is 13.8. The van der Waals surface area contributed by atoms with Gasteiger partial charge in [0.05, 0.1) is 5.69 Å². The first-order chi connectivity index (χ1) is 8.43. The molecule has 2 N–H and O–H groups in total. The lowest BCUT2D eigenvalue weighted by Gasteiger charge is -2.26. The lowest BCUT2D eigenvalue weighted by Crippen LogP contribution is -2.36. The van der Waals surface area contributed by atoms with Crippen LogP contribution in [0.2, 0.25) is 5.02 Å². The molecule has 1 fully saturated rings. The largest absolute Gasteiger partial charge is 0.396 e. The van der Waals surface area contributed by atoms with Crippen LogP contribution in [-0.2, 0) is 10.0 Å². The van der Waals surface area contributed by atoms with Gasteiger partial charge >= 0.3 is 0 Å². The third-order valence-electron chi connectivity index (χ3n) is 2.97. The minimum absolute atomic E-state index is 0.115. The zero-order valence-electron chi connectivity index (χ0n) is 9.70. The van der Waals surface area contributed by atoms with Gasteiger partial charge < -0.3 is 5.73 Å². The van der Waals surface area contributed by atoms with E-state index in [0.717, 1.165) is 25.3 Å². The van der Waals surface area contributed by atoms with Crippen molar-refractivity contribution in [3.63, 3.8) is 0 Å². The van der Waals surface area contributed by atoms with Crippen molar-refractivity contribution in [2.24, 2.45) is 0 Å². The van der Waals surface area contributed by atoms with Gasteiger partial charge in [-0.3, -0.25) is 0 Å². The molecule has 1 saturated heterocycles. The van der Waals surface area contributed by atoms with Crippen LogP contribution >= 0.6 is 11.6 Å². The molecule has 1 aromatic rings. The van der Waals surface area contributed by atoms with Crippen LogP contribution in [0.1, 0.15) is 19.3 Å². The van der Waals surface area contributed by atoms with E-state index in [2.05, 4.69) is 0 Å². The lowest BCUT2D eigenvalue weighted by atomic mass is 10.2. The summed E-state index contributed by atoms with van der Waals surface area (Å²) < 4.78 is 39.7. The molecule has 0 radical (unpaired) electrons. The minimum atomic E-state index is -3.84. The third kappa shape index (κ3) is 2.46. The summed E-state index contributed by atoms with van der Waals surface area (Å²) in [6.45, 7) is 0.822. The number of piperidine rings is 1. The van der Waals surface area contributed by atoms with E-state index in [1.807, 2.05) is 0 Å². The van der Waals surface area contributed by atoms with Gasteiger partial charge in [-0.05, 0) is 25.0 Å². The highest BCUT2D eigenvalue weighted by molar-refractivity contribution is 7.89. The smallest absolute Gasteiger partial charge is 0.246 e. The number of nitrogens with zero attached hydrogens (tertiary/aromatic N) is 1. The molecule has 7 heteroatoms. The summed E-state index contributed by atoms with van der Waals surface area (Å²) >= 11 is 5.74. The van der Waals surface area contributed by atoms with Crippen LogP contribution in [0, 0.1) is 5.82 Å². The fraction of sp³-hybridized carbons (Fsp3) is 0.455. The quantitative estimate of drug-likeness (QED) is 0.850. The zero-order valence-corrected chi connectivity index (χ0v) is 11.3. The number of hydrogen-bond donors (Lipinski definition) is 1. The standard InChI is InChI=1S/C11H14ClFN2O2S/c12-8-6-9(14)11(13)10(7-8)18(16,17)15-4-2-1-3-5-15/h6-7H,1-5,14H2. The summed E-state index contributed by atoms with van der Waals surface area (Å²) in [5, 5.41) is 0.115. The highest BCUT2D eigenvalue weighted by Gasteiger charge is 2.29. The predicted molar refractivity (Wildman–Crippen MR) is 68.4 cm³/mol. The summed E-state index contributed by atoms with van der Waals surface area (Å²) in [6.07, 6.45) is 2.57. The van der Waals surface area contributed by atoms with E-state index < -0.39 is 20.7 Å². The van der Waals surface area contributed by atoms with Crippen molar-refractivity contribution in [2.45, 2.75) is 24.2 Å². The van der Waals surface area contributed by atoms with E-state index in [9.17, 15) is 12.8 Å². The van der Waals surface area contributed by atoms with Crippen LogP contribution in [-0.4, -0.2) is 25.8 Å². The molecule has 0 atom stereocenters. The summed E-state index contributed by atoms with van der Waals surface area (Å²) in [5.74, 6) is -0.926. The van der Waals surface area contributed by atoms with Crippen molar-refractivity contribution in [1.82, 2.24) is 4.31 Å². The van der Waals surface area contributed by atoms with Gasteiger partial charge in [-0.1, -0.05) is 18.0 Å². The molecular weight excluding hydrogens is 279 g/mol. The van der Waals surface area contributed by atoms with Crippen molar-refractivity contribution in [1.29, 1.82) is 0 Å². The number of rotatable bonds is 2. The maximum atomic E-state index is 13.8. The molecule has 1 aliphatic heterocycles. The van der Waals surface area contributed by atoms with Gasteiger partial charge in [-0.15, -0.1) is 0 Å². The number of nitrogen functional groups attached to an aromatic ring is 1. The fourth-order valence-electron chi connectivity index (χ4n) is 2.02.